The fourth-order valence-electron chi connectivity index (χ4n) is 3.01. The first-order valence-corrected chi connectivity index (χ1v) is 7.63. The quantitative estimate of drug-likeness (QED) is 0.925. The van der Waals surface area contributed by atoms with E-state index < -0.39 is 5.97 Å². The lowest BCUT2D eigenvalue weighted by molar-refractivity contribution is -0.143. The second kappa shape index (κ2) is 5.29. The highest BCUT2D eigenvalue weighted by atomic mass is 32.1. The van der Waals surface area contributed by atoms with E-state index in [-0.39, 0.29) is 5.92 Å². The second-order valence-electron chi connectivity index (χ2n) is 5.27. The Morgan fingerprint density at radius 2 is 2.11 bits per heavy atom. The molecular weight excluding hydrogens is 258 g/mol. The Morgan fingerprint density at radius 3 is 2.79 bits per heavy atom. The molecule has 3 rings (SSSR count). The van der Waals surface area contributed by atoms with Crippen molar-refractivity contribution in [2.75, 3.05) is 0 Å². The Labute approximate surface area is 116 Å². The summed E-state index contributed by atoms with van der Waals surface area (Å²) in [5.74, 6) is -0.585. The second-order valence-corrected chi connectivity index (χ2v) is 6.38. The Morgan fingerprint density at radius 1 is 1.37 bits per heavy atom. The minimum absolute atomic E-state index is 0.261. The third kappa shape index (κ3) is 2.63. The SMILES string of the molecule is O=C(O)C(Cc1nc2ccccc2s1)C1CCCC1. The number of fused-ring (bicyclic) bond motifs is 1. The van der Waals surface area contributed by atoms with Gasteiger partial charge in [0.1, 0.15) is 0 Å². The van der Waals surface area contributed by atoms with Crippen LogP contribution in [0.25, 0.3) is 10.2 Å². The number of hydrogen-bond donors (Lipinski definition) is 1. The highest BCUT2D eigenvalue weighted by Crippen LogP contribution is 2.34. The van der Waals surface area contributed by atoms with Crippen LogP contribution in [0.15, 0.2) is 24.3 Å². The molecule has 1 fully saturated rings. The summed E-state index contributed by atoms with van der Waals surface area (Å²) in [5.41, 5.74) is 0.984. The van der Waals surface area contributed by atoms with Crippen LogP contribution in [0, 0.1) is 11.8 Å². The summed E-state index contributed by atoms with van der Waals surface area (Å²) in [6.07, 6.45) is 5.05. The standard InChI is InChI=1S/C15H17NO2S/c17-15(18)11(10-5-1-2-6-10)9-14-16-12-7-3-4-8-13(12)19-14/h3-4,7-8,10-11H,1-2,5-6,9H2,(H,17,18). The van der Waals surface area contributed by atoms with E-state index in [0.717, 1.165) is 28.1 Å². The van der Waals surface area contributed by atoms with Crippen LogP contribution in [0.4, 0.5) is 0 Å². The van der Waals surface area contributed by atoms with Gasteiger partial charge in [-0.3, -0.25) is 4.79 Å². The molecule has 2 aromatic rings. The maximum Gasteiger partial charge on any atom is 0.307 e. The number of carboxylic acids is 1. The summed E-state index contributed by atoms with van der Waals surface area (Å²) in [7, 11) is 0. The fraction of sp³-hybridized carbons (Fsp3) is 0.467. The van der Waals surface area contributed by atoms with Crippen molar-refractivity contribution >= 4 is 27.5 Å². The number of para-hydroxylation sites is 1. The number of aliphatic carboxylic acids is 1. The van der Waals surface area contributed by atoms with Gasteiger partial charge < -0.3 is 5.11 Å². The lowest BCUT2D eigenvalue weighted by Crippen LogP contribution is -2.24. The van der Waals surface area contributed by atoms with Gasteiger partial charge in [0, 0.05) is 6.42 Å². The number of hydrogen-bond acceptors (Lipinski definition) is 3. The highest BCUT2D eigenvalue weighted by molar-refractivity contribution is 7.18. The molecular formula is C15H17NO2S. The zero-order valence-electron chi connectivity index (χ0n) is 10.7. The minimum atomic E-state index is -0.661. The van der Waals surface area contributed by atoms with Gasteiger partial charge >= 0.3 is 5.97 Å². The molecule has 1 N–H and O–H groups in total. The van der Waals surface area contributed by atoms with Crippen molar-refractivity contribution in [2.24, 2.45) is 11.8 Å². The van der Waals surface area contributed by atoms with Crippen molar-refractivity contribution in [3.05, 3.63) is 29.3 Å². The van der Waals surface area contributed by atoms with Crippen LogP contribution >= 0.6 is 11.3 Å². The summed E-state index contributed by atoms with van der Waals surface area (Å²) in [6.45, 7) is 0. The van der Waals surface area contributed by atoms with Crippen LogP contribution in [-0.2, 0) is 11.2 Å². The first-order valence-electron chi connectivity index (χ1n) is 6.81. The Hall–Kier alpha value is -1.42. The molecule has 0 spiro atoms. The minimum Gasteiger partial charge on any atom is -0.481 e. The zero-order chi connectivity index (χ0) is 13.2. The van der Waals surface area contributed by atoms with Gasteiger partial charge in [-0.2, -0.15) is 0 Å². The predicted octanol–water partition coefficient (Wildman–Crippen LogP) is 3.73. The monoisotopic (exact) mass is 275 g/mol. The van der Waals surface area contributed by atoms with E-state index in [1.54, 1.807) is 11.3 Å². The van der Waals surface area contributed by atoms with Gasteiger partial charge in [0.05, 0.1) is 21.1 Å². The van der Waals surface area contributed by atoms with Crippen LogP contribution < -0.4 is 0 Å². The van der Waals surface area contributed by atoms with Crippen LogP contribution in [0.3, 0.4) is 0 Å². The van der Waals surface area contributed by atoms with E-state index in [4.69, 9.17) is 0 Å². The fourth-order valence-corrected chi connectivity index (χ4v) is 4.04. The summed E-state index contributed by atoms with van der Waals surface area (Å²) in [6, 6.07) is 8.00. The molecule has 19 heavy (non-hydrogen) atoms. The zero-order valence-corrected chi connectivity index (χ0v) is 11.5. The van der Waals surface area contributed by atoms with E-state index in [1.165, 1.54) is 12.8 Å². The summed E-state index contributed by atoms with van der Waals surface area (Å²) in [5, 5.41) is 10.4. The Bertz CT molecular complexity index is 554. The number of benzene rings is 1. The van der Waals surface area contributed by atoms with Crippen molar-refractivity contribution in [1.29, 1.82) is 0 Å². The molecule has 1 aromatic carbocycles. The van der Waals surface area contributed by atoms with Gasteiger partial charge in [-0.25, -0.2) is 4.98 Å². The van der Waals surface area contributed by atoms with E-state index >= 15 is 0 Å². The maximum absolute atomic E-state index is 11.5. The third-order valence-electron chi connectivity index (χ3n) is 4.02. The van der Waals surface area contributed by atoms with Gasteiger partial charge in [-0.15, -0.1) is 11.3 Å². The first-order chi connectivity index (χ1) is 9.24. The predicted molar refractivity (Wildman–Crippen MR) is 76.4 cm³/mol. The van der Waals surface area contributed by atoms with Crippen molar-refractivity contribution in [3.8, 4) is 0 Å². The van der Waals surface area contributed by atoms with E-state index in [0.29, 0.717) is 12.3 Å². The molecule has 0 amide bonds. The van der Waals surface area contributed by atoms with Crippen LogP contribution in [0.5, 0.6) is 0 Å². The molecule has 1 aromatic heterocycles. The van der Waals surface area contributed by atoms with Crippen LogP contribution in [0.1, 0.15) is 30.7 Å². The molecule has 0 aliphatic heterocycles. The highest BCUT2D eigenvalue weighted by Gasteiger charge is 2.31. The lowest BCUT2D eigenvalue weighted by Gasteiger charge is -2.17. The number of carbonyl (C=O) groups is 1. The molecule has 1 unspecified atom stereocenters. The van der Waals surface area contributed by atoms with Crippen LogP contribution in [-0.4, -0.2) is 16.1 Å². The van der Waals surface area contributed by atoms with E-state index in [9.17, 15) is 9.90 Å². The largest absolute Gasteiger partial charge is 0.481 e. The molecule has 4 heteroatoms. The third-order valence-corrected chi connectivity index (χ3v) is 5.08. The number of carboxylic acid groups (broad SMARTS) is 1. The molecule has 3 nitrogen and oxygen atoms in total. The normalized spacial score (nSPS) is 17.9. The molecule has 1 saturated carbocycles. The smallest absolute Gasteiger partial charge is 0.307 e. The summed E-state index contributed by atoms with van der Waals surface area (Å²) < 4.78 is 1.15. The van der Waals surface area contributed by atoms with Crippen LogP contribution in [0.2, 0.25) is 0 Å². The summed E-state index contributed by atoms with van der Waals surface area (Å²) >= 11 is 1.63. The number of aromatic nitrogens is 1. The summed E-state index contributed by atoms with van der Waals surface area (Å²) in [4.78, 5) is 16.0. The van der Waals surface area contributed by atoms with Crippen molar-refractivity contribution in [2.45, 2.75) is 32.1 Å². The molecule has 1 atom stereocenters. The molecule has 1 aliphatic carbocycles. The number of rotatable bonds is 4. The molecule has 0 bridgehead atoms. The Kier molecular flexibility index (Phi) is 3.51. The molecule has 100 valence electrons. The first kappa shape index (κ1) is 12.6. The molecule has 0 saturated heterocycles. The van der Waals surface area contributed by atoms with Gasteiger partial charge in [0.2, 0.25) is 0 Å². The average Bonchev–Trinajstić information content (AvgIpc) is 3.04. The van der Waals surface area contributed by atoms with Gasteiger partial charge in [0.25, 0.3) is 0 Å². The maximum atomic E-state index is 11.5. The molecule has 1 heterocycles. The number of thiazole rings is 1. The molecule has 0 radical (unpaired) electrons. The average molecular weight is 275 g/mol. The topological polar surface area (TPSA) is 50.2 Å². The lowest BCUT2D eigenvalue weighted by atomic mass is 9.88. The van der Waals surface area contributed by atoms with Crippen molar-refractivity contribution in [3.63, 3.8) is 0 Å². The van der Waals surface area contributed by atoms with Gasteiger partial charge in [-0.1, -0.05) is 25.0 Å². The molecule has 1 aliphatic rings. The van der Waals surface area contributed by atoms with Gasteiger partial charge in [-0.05, 0) is 30.9 Å². The number of nitrogens with zero attached hydrogens (tertiary/aromatic N) is 1. The van der Waals surface area contributed by atoms with Gasteiger partial charge in [0.15, 0.2) is 0 Å². The van der Waals surface area contributed by atoms with E-state index in [2.05, 4.69) is 4.98 Å². The Balaban J connectivity index is 1.82. The van der Waals surface area contributed by atoms with Crippen molar-refractivity contribution in [1.82, 2.24) is 4.98 Å². The van der Waals surface area contributed by atoms with Crippen molar-refractivity contribution < 1.29 is 9.90 Å². The van der Waals surface area contributed by atoms with E-state index in [1.807, 2.05) is 24.3 Å².